The topological polar surface area (TPSA) is 147 Å². The number of rotatable bonds is 8. The largest absolute Gasteiger partial charge is 0.462 e. The molecule has 190 valence electrons. The van der Waals surface area contributed by atoms with Crippen molar-refractivity contribution in [2.24, 2.45) is 5.92 Å². The van der Waals surface area contributed by atoms with Crippen LogP contribution in [0.2, 0.25) is 0 Å². The summed E-state index contributed by atoms with van der Waals surface area (Å²) in [6.45, 7) is -0.128. The minimum Gasteiger partial charge on any atom is -0.462 e. The molecule has 1 amide bonds. The number of carbonyl (C=O) groups excluding carboxylic acids is 1. The van der Waals surface area contributed by atoms with Crippen LogP contribution < -0.4 is 10.1 Å². The van der Waals surface area contributed by atoms with E-state index in [9.17, 15) is 25.2 Å². The molecule has 2 aliphatic heterocycles. The van der Waals surface area contributed by atoms with Gasteiger partial charge in [-0.05, 0) is 37.0 Å². The number of hydrogen-bond donors (Lipinski definition) is 5. The zero-order chi connectivity index (χ0) is 24.2. The Morgan fingerprint density at radius 2 is 1.85 bits per heavy atom. The zero-order valence-electron chi connectivity index (χ0n) is 19.3. The van der Waals surface area contributed by atoms with Crippen LogP contribution in [0.1, 0.15) is 43.8 Å². The van der Waals surface area contributed by atoms with Crippen LogP contribution >= 0.6 is 0 Å². The molecule has 1 aromatic rings. The Morgan fingerprint density at radius 1 is 1.09 bits per heavy atom. The molecule has 9 atom stereocenters. The Morgan fingerprint density at radius 3 is 2.56 bits per heavy atom. The molecule has 1 aliphatic carbocycles. The summed E-state index contributed by atoms with van der Waals surface area (Å²) in [5.74, 6) is 0.699. The summed E-state index contributed by atoms with van der Waals surface area (Å²) in [7, 11) is 1.58. The number of methoxy groups -OCH3 is 1. The van der Waals surface area contributed by atoms with E-state index >= 15 is 0 Å². The van der Waals surface area contributed by atoms with Crippen LogP contribution in [-0.2, 0) is 19.0 Å². The first-order valence-electron chi connectivity index (χ1n) is 11.9. The van der Waals surface area contributed by atoms with Crippen LogP contribution in [0.5, 0.6) is 5.75 Å². The van der Waals surface area contributed by atoms with Gasteiger partial charge in [-0.3, -0.25) is 4.79 Å². The highest BCUT2D eigenvalue weighted by molar-refractivity contribution is 5.76. The summed E-state index contributed by atoms with van der Waals surface area (Å²) in [6.07, 6.45) is -2.64. The van der Waals surface area contributed by atoms with Gasteiger partial charge in [-0.1, -0.05) is 18.6 Å². The van der Waals surface area contributed by atoms with Gasteiger partial charge in [-0.15, -0.1) is 0 Å². The molecule has 1 aromatic carbocycles. The van der Waals surface area contributed by atoms with Crippen molar-refractivity contribution < 1.29 is 44.2 Å². The van der Waals surface area contributed by atoms with Gasteiger partial charge in [-0.2, -0.15) is 0 Å². The molecule has 0 unspecified atom stereocenters. The minimum absolute atomic E-state index is 0.0126. The van der Waals surface area contributed by atoms with Crippen molar-refractivity contribution >= 4 is 5.91 Å². The van der Waals surface area contributed by atoms with Gasteiger partial charge in [0.25, 0.3) is 0 Å². The number of aliphatic hydroxyl groups excluding tert-OH is 4. The lowest BCUT2D eigenvalue weighted by molar-refractivity contribution is -0.277. The minimum atomic E-state index is -1.50. The Kier molecular flexibility index (Phi) is 8.41. The van der Waals surface area contributed by atoms with Gasteiger partial charge in [-0.25, -0.2) is 0 Å². The van der Waals surface area contributed by atoms with E-state index < -0.39 is 37.3 Å². The molecular weight excluding hydrogens is 446 g/mol. The van der Waals surface area contributed by atoms with Crippen molar-refractivity contribution in [3.05, 3.63) is 29.8 Å². The van der Waals surface area contributed by atoms with Crippen molar-refractivity contribution in [1.29, 1.82) is 0 Å². The van der Waals surface area contributed by atoms with Gasteiger partial charge in [0.15, 0.2) is 0 Å². The van der Waals surface area contributed by atoms with E-state index in [1.807, 2.05) is 12.1 Å². The van der Waals surface area contributed by atoms with Gasteiger partial charge >= 0.3 is 0 Å². The third-order valence-electron chi connectivity index (χ3n) is 7.06. The molecule has 4 rings (SSSR count). The second-order valence-corrected chi connectivity index (χ2v) is 9.29. The summed E-state index contributed by atoms with van der Waals surface area (Å²) in [4.78, 5) is 12.3. The number of fused-ring (bicyclic) bond motifs is 1. The Balaban J connectivity index is 1.40. The van der Waals surface area contributed by atoms with Crippen LogP contribution in [0.15, 0.2) is 24.3 Å². The highest BCUT2D eigenvalue weighted by atomic mass is 16.7. The van der Waals surface area contributed by atoms with Crippen molar-refractivity contribution in [3.63, 3.8) is 0 Å². The molecule has 3 fully saturated rings. The Bertz CT molecular complexity index is 804. The summed E-state index contributed by atoms with van der Waals surface area (Å²) >= 11 is 0. The first kappa shape index (κ1) is 25.3. The normalized spacial score (nSPS) is 37.7. The van der Waals surface area contributed by atoms with Gasteiger partial charge in [0.1, 0.15) is 30.2 Å². The Labute approximate surface area is 198 Å². The molecule has 0 aromatic heterocycles. The van der Waals surface area contributed by atoms with Crippen molar-refractivity contribution in [3.8, 4) is 5.75 Å². The Hall–Kier alpha value is -1.79. The SMILES string of the molecule is COCCC(=O)N[C@@H]1C[C@H](c2ccc(O[C@H]3O[C@H](CO)[C@@H](O)[C@H](O)[C@@H]3O)cc2)O[C@@H]2CCC[C@@H]12. The van der Waals surface area contributed by atoms with E-state index in [2.05, 4.69) is 5.32 Å². The fraction of sp³-hybridized carbons (Fsp3) is 0.708. The lowest BCUT2D eigenvalue weighted by Gasteiger charge is -2.40. The maximum Gasteiger partial charge on any atom is 0.229 e. The van der Waals surface area contributed by atoms with Gasteiger partial charge in [0, 0.05) is 25.5 Å². The second-order valence-electron chi connectivity index (χ2n) is 9.29. The summed E-state index contributed by atoms with van der Waals surface area (Å²) < 4.78 is 22.5. The quantitative estimate of drug-likeness (QED) is 0.347. The third kappa shape index (κ3) is 5.54. The highest BCUT2D eigenvalue weighted by Crippen LogP contribution is 2.43. The molecule has 10 nitrogen and oxygen atoms in total. The molecule has 1 saturated carbocycles. The standard InChI is InChI=1S/C24H35NO9/c1-31-10-9-20(27)25-16-11-18(33-17-4-2-3-15(16)17)13-5-7-14(8-6-13)32-24-23(30)22(29)21(28)19(12-26)34-24/h5-8,15-19,21-24,26,28-30H,2-4,9-12H2,1H3,(H,25,27)/t15-,16+,17+,18+,19+,21+,22-,23-,24-/m0/s1. The first-order valence-corrected chi connectivity index (χ1v) is 11.9. The number of carbonyl (C=O) groups is 1. The maximum atomic E-state index is 12.3. The number of amides is 1. The van der Waals surface area contributed by atoms with Crippen LogP contribution in [0.25, 0.3) is 0 Å². The van der Waals surface area contributed by atoms with E-state index in [4.69, 9.17) is 18.9 Å². The smallest absolute Gasteiger partial charge is 0.229 e. The fourth-order valence-corrected chi connectivity index (χ4v) is 5.17. The zero-order valence-corrected chi connectivity index (χ0v) is 19.3. The van der Waals surface area contributed by atoms with E-state index in [0.29, 0.717) is 31.1 Å². The number of nitrogens with one attached hydrogen (secondary N) is 1. The molecule has 0 radical (unpaired) electrons. The average molecular weight is 482 g/mol. The van der Waals surface area contributed by atoms with Crippen molar-refractivity contribution in [1.82, 2.24) is 5.32 Å². The van der Waals surface area contributed by atoms with Crippen LogP contribution in [0.4, 0.5) is 0 Å². The maximum absolute atomic E-state index is 12.3. The monoisotopic (exact) mass is 481 g/mol. The predicted molar refractivity (Wildman–Crippen MR) is 119 cm³/mol. The third-order valence-corrected chi connectivity index (χ3v) is 7.06. The van der Waals surface area contributed by atoms with Gasteiger partial charge in [0.05, 0.1) is 25.4 Å². The molecule has 34 heavy (non-hydrogen) atoms. The lowest BCUT2D eigenvalue weighted by atomic mass is 9.86. The first-order chi connectivity index (χ1) is 16.4. The van der Waals surface area contributed by atoms with Crippen LogP contribution in [0.3, 0.4) is 0 Å². The molecule has 5 N–H and O–H groups in total. The van der Waals surface area contributed by atoms with Crippen molar-refractivity contribution in [2.75, 3.05) is 20.3 Å². The molecule has 3 aliphatic rings. The fourth-order valence-electron chi connectivity index (χ4n) is 5.17. The van der Waals surface area contributed by atoms with E-state index in [-0.39, 0.29) is 24.2 Å². The average Bonchev–Trinajstić information content (AvgIpc) is 3.32. The molecule has 2 saturated heterocycles. The second kappa shape index (κ2) is 11.3. The van der Waals surface area contributed by atoms with E-state index in [1.54, 1.807) is 19.2 Å². The molecule has 0 bridgehead atoms. The molecule has 2 heterocycles. The number of ether oxygens (including phenoxy) is 4. The molecule has 0 spiro atoms. The highest BCUT2D eigenvalue weighted by Gasteiger charge is 2.45. The van der Waals surface area contributed by atoms with Crippen molar-refractivity contribution in [2.45, 2.75) is 81.1 Å². The van der Waals surface area contributed by atoms with E-state index in [1.165, 1.54) is 0 Å². The number of aliphatic hydroxyl groups is 4. The molecule has 10 heteroatoms. The lowest BCUT2D eigenvalue weighted by Crippen LogP contribution is -2.60. The van der Waals surface area contributed by atoms with Crippen LogP contribution in [-0.4, -0.2) is 89.5 Å². The van der Waals surface area contributed by atoms with E-state index in [0.717, 1.165) is 24.8 Å². The number of benzene rings is 1. The van der Waals surface area contributed by atoms with Crippen LogP contribution in [0, 0.1) is 5.92 Å². The predicted octanol–water partition coefficient (Wildman–Crippen LogP) is 0.0167. The van der Waals surface area contributed by atoms with Gasteiger partial charge < -0.3 is 44.7 Å². The van der Waals surface area contributed by atoms with Gasteiger partial charge in [0.2, 0.25) is 12.2 Å². The number of hydrogen-bond acceptors (Lipinski definition) is 9. The molecular formula is C24H35NO9. The summed E-state index contributed by atoms with van der Waals surface area (Å²) in [5, 5.41) is 42.5. The summed E-state index contributed by atoms with van der Waals surface area (Å²) in [6, 6.07) is 7.20. The summed E-state index contributed by atoms with van der Waals surface area (Å²) in [5.41, 5.74) is 0.947.